The van der Waals surface area contributed by atoms with Crippen LogP contribution < -0.4 is 15.0 Å². The standard InChI is InChI=1S/C20H27N5O4/c1-3-29-19(27)14-22-18(26)15-23-9-11-24(12-10-23)20-21-7-8-25(20)16-5-4-6-17(13-16)28-2/h4-8,13H,3,9-12,14-15H2,1-2H3,(H,22,26). The van der Waals surface area contributed by atoms with Gasteiger partial charge in [-0.2, -0.15) is 0 Å². The van der Waals surface area contributed by atoms with Gasteiger partial charge in [0.15, 0.2) is 0 Å². The third-order valence-corrected chi connectivity index (χ3v) is 4.71. The molecule has 0 bridgehead atoms. The quantitative estimate of drug-likeness (QED) is 0.651. The molecule has 1 aliphatic heterocycles. The number of benzene rings is 1. The van der Waals surface area contributed by atoms with Crippen LogP contribution in [0.2, 0.25) is 0 Å². The number of nitrogens with zero attached hydrogens (tertiary/aromatic N) is 4. The van der Waals surface area contributed by atoms with Crippen LogP contribution in [0.15, 0.2) is 36.7 Å². The van der Waals surface area contributed by atoms with E-state index in [2.05, 4.69) is 20.1 Å². The number of amides is 1. The monoisotopic (exact) mass is 401 g/mol. The molecule has 156 valence electrons. The summed E-state index contributed by atoms with van der Waals surface area (Å²) >= 11 is 0. The molecule has 1 aromatic heterocycles. The first-order valence-corrected chi connectivity index (χ1v) is 9.68. The van der Waals surface area contributed by atoms with E-state index in [1.165, 1.54) is 0 Å². The van der Waals surface area contributed by atoms with Gasteiger partial charge in [-0.3, -0.25) is 19.1 Å². The zero-order chi connectivity index (χ0) is 20.6. The van der Waals surface area contributed by atoms with Gasteiger partial charge in [0.1, 0.15) is 12.3 Å². The zero-order valence-corrected chi connectivity index (χ0v) is 16.8. The fraction of sp³-hybridized carbons (Fsp3) is 0.450. The van der Waals surface area contributed by atoms with Gasteiger partial charge in [0.2, 0.25) is 11.9 Å². The molecule has 1 saturated heterocycles. The normalized spacial score (nSPS) is 14.5. The van der Waals surface area contributed by atoms with Crippen molar-refractivity contribution in [3.63, 3.8) is 0 Å². The Balaban J connectivity index is 1.53. The van der Waals surface area contributed by atoms with E-state index in [-0.39, 0.29) is 19.0 Å². The predicted molar refractivity (Wildman–Crippen MR) is 108 cm³/mol. The fourth-order valence-corrected chi connectivity index (χ4v) is 3.24. The van der Waals surface area contributed by atoms with Crippen LogP contribution >= 0.6 is 0 Å². The SMILES string of the molecule is CCOC(=O)CNC(=O)CN1CCN(c2nccn2-c2cccc(OC)c2)CC1. The number of hydrogen-bond acceptors (Lipinski definition) is 7. The van der Waals surface area contributed by atoms with E-state index in [0.29, 0.717) is 6.61 Å². The Morgan fingerprint density at radius 1 is 1.21 bits per heavy atom. The molecule has 0 aliphatic carbocycles. The highest BCUT2D eigenvalue weighted by atomic mass is 16.5. The van der Waals surface area contributed by atoms with Gasteiger partial charge in [-0.25, -0.2) is 4.98 Å². The maximum Gasteiger partial charge on any atom is 0.325 e. The summed E-state index contributed by atoms with van der Waals surface area (Å²) in [6, 6.07) is 7.84. The molecule has 0 saturated carbocycles. The summed E-state index contributed by atoms with van der Waals surface area (Å²) in [6.07, 6.45) is 3.71. The number of anilines is 1. The molecule has 0 unspecified atom stereocenters. The van der Waals surface area contributed by atoms with E-state index >= 15 is 0 Å². The number of nitrogens with one attached hydrogen (secondary N) is 1. The topological polar surface area (TPSA) is 88.9 Å². The third-order valence-electron chi connectivity index (χ3n) is 4.71. The number of aromatic nitrogens is 2. The molecule has 1 aliphatic rings. The Morgan fingerprint density at radius 3 is 2.72 bits per heavy atom. The van der Waals surface area contributed by atoms with Crippen LogP contribution in [0.1, 0.15) is 6.92 Å². The summed E-state index contributed by atoms with van der Waals surface area (Å²) < 4.78 is 12.2. The van der Waals surface area contributed by atoms with E-state index < -0.39 is 5.97 Å². The molecule has 9 nitrogen and oxygen atoms in total. The smallest absolute Gasteiger partial charge is 0.325 e. The number of methoxy groups -OCH3 is 1. The number of imidazole rings is 1. The van der Waals surface area contributed by atoms with E-state index in [1.807, 2.05) is 35.0 Å². The van der Waals surface area contributed by atoms with Crippen molar-refractivity contribution in [3.05, 3.63) is 36.7 Å². The van der Waals surface area contributed by atoms with Crippen molar-refractivity contribution in [1.82, 2.24) is 19.8 Å². The Morgan fingerprint density at radius 2 is 2.00 bits per heavy atom. The van der Waals surface area contributed by atoms with Crippen molar-refractivity contribution in [1.29, 1.82) is 0 Å². The van der Waals surface area contributed by atoms with Crippen molar-refractivity contribution < 1.29 is 19.1 Å². The molecule has 29 heavy (non-hydrogen) atoms. The maximum atomic E-state index is 12.0. The van der Waals surface area contributed by atoms with Gasteiger partial charge in [0, 0.05) is 44.6 Å². The van der Waals surface area contributed by atoms with Crippen molar-refractivity contribution >= 4 is 17.8 Å². The molecule has 9 heteroatoms. The Hall–Kier alpha value is -3.07. The summed E-state index contributed by atoms with van der Waals surface area (Å²) in [5.74, 6) is 1.06. The highest BCUT2D eigenvalue weighted by molar-refractivity contribution is 5.83. The molecule has 1 aromatic carbocycles. The summed E-state index contributed by atoms with van der Waals surface area (Å²) in [5.41, 5.74) is 0.984. The lowest BCUT2D eigenvalue weighted by Gasteiger charge is -2.35. The molecule has 2 aromatic rings. The summed E-state index contributed by atoms with van der Waals surface area (Å²) in [4.78, 5) is 32.1. The number of hydrogen-bond donors (Lipinski definition) is 1. The zero-order valence-electron chi connectivity index (χ0n) is 16.8. The van der Waals surface area contributed by atoms with E-state index in [9.17, 15) is 9.59 Å². The molecule has 1 amide bonds. The summed E-state index contributed by atoms with van der Waals surface area (Å²) in [7, 11) is 1.65. The van der Waals surface area contributed by atoms with Crippen LogP contribution in [-0.4, -0.2) is 79.3 Å². The fourth-order valence-electron chi connectivity index (χ4n) is 3.24. The number of rotatable bonds is 8. The largest absolute Gasteiger partial charge is 0.497 e. The molecule has 2 heterocycles. The van der Waals surface area contributed by atoms with Crippen LogP contribution in [0, 0.1) is 0 Å². The Bertz CT molecular complexity index is 830. The minimum atomic E-state index is -0.421. The molecular weight excluding hydrogens is 374 g/mol. The molecule has 0 radical (unpaired) electrons. The number of carbonyl (C=O) groups excluding carboxylic acids is 2. The molecular formula is C20H27N5O4. The van der Waals surface area contributed by atoms with Crippen molar-refractivity contribution in [3.8, 4) is 11.4 Å². The Labute approximate surface area is 170 Å². The van der Waals surface area contributed by atoms with Gasteiger partial charge in [-0.15, -0.1) is 0 Å². The molecule has 3 rings (SSSR count). The number of piperazine rings is 1. The average molecular weight is 401 g/mol. The number of esters is 1. The van der Waals surface area contributed by atoms with Crippen molar-refractivity contribution in [2.24, 2.45) is 0 Å². The first-order valence-electron chi connectivity index (χ1n) is 9.68. The van der Waals surface area contributed by atoms with E-state index in [0.717, 1.165) is 43.6 Å². The first kappa shape index (κ1) is 20.7. The predicted octanol–water partition coefficient (Wildman–Crippen LogP) is 0.682. The lowest BCUT2D eigenvalue weighted by atomic mass is 10.3. The Kier molecular flexibility index (Phi) is 7.07. The molecule has 1 N–H and O–H groups in total. The second kappa shape index (κ2) is 9.92. The average Bonchev–Trinajstić information content (AvgIpc) is 3.23. The molecule has 0 atom stereocenters. The second-order valence-electron chi connectivity index (χ2n) is 6.64. The van der Waals surface area contributed by atoms with Gasteiger partial charge < -0.3 is 19.7 Å². The highest BCUT2D eigenvalue weighted by Crippen LogP contribution is 2.22. The van der Waals surface area contributed by atoms with Crippen LogP contribution in [0.25, 0.3) is 5.69 Å². The number of carbonyl (C=O) groups is 2. The minimum Gasteiger partial charge on any atom is -0.497 e. The lowest BCUT2D eigenvalue weighted by molar-refractivity contribution is -0.143. The second-order valence-corrected chi connectivity index (χ2v) is 6.64. The van der Waals surface area contributed by atoms with Crippen LogP contribution in [0.5, 0.6) is 5.75 Å². The summed E-state index contributed by atoms with van der Waals surface area (Å²) in [6.45, 7) is 5.19. The van der Waals surface area contributed by atoms with Crippen LogP contribution in [-0.2, 0) is 14.3 Å². The van der Waals surface area contributed by atoms with Gasteiger partial charge in [0.25, 0.3) is 0 Å². The van der Waals surface area contributed by atoms with Crippen molar-refractivity contribution in [2.75, 3.05) is 57.9 Å². The van der Waals surface area contributed by atoms with Gasteiger partial charge in [-0.1, -0.05) is 6.07 Å². The van der Waals surface area contributed by atoms with E-state index in [1.54, 1.807) is 20.2 Å². The van der Waals surface area contributed by atoms with Crippen LogP contribution in [0.4, 0.5) is 5.95 Å². The van der Waals surface area contributed by atoms with Crippen molar-refractivity contribution in [2.45, 2.75) is 6.92 Å². The van der Waals surface area contributed by atoms with Gasteiger partial charge in [0.05, 0.1) is 25.9 Å². The highest BCUT2D eigenvalue weighted by Gasteiger charge is 2.22. The maximum absolute atomic E-state index is 12.0. The summed E-state index contributed by atoms with van der Waals surface area (Å²) in [5, 5.41) is 2.60. The van der Waals surface area contributed by atoms with Gasteiger partial charge in [-0.05, 0) is 19.1 Å². The minimum absolute atomic E-state index is 0.0926. The van der Waals surface area contributed by atoms with E-state index in [4.69, 9.17) is 9.47 Å². The lowest BCUT2D eigenvalue weighted by Crippen LogP contribution is -2.50. The third kappa shape index (κ3) is 5.47. The molecule has 0 spiro atoms. The first-order chi connectivity index (χ1) is 14.1. The number of ether oxygens (including phenoxy) is 2. The van der Waals surface area contributed by atoms with Gasteiger partial charge >= 0.3 is 5.97 Å². The molecule has 1 fully saturated rings. The van der Waals surface area contributed by atoms with Crippen LogP contribution in [0.3, 0.4) is 0 Å².